The number of benzene rings is 2. The van der Waals surface area contributed by atoms with Crippen LogP contribution < -0.4 is 19.3 Å². The predicted molar refractivity (Wildman–Crippen MR) is 181 cm³/mol. The minimum Gasteiger partial charge on any atom is -0.493 e. The van der Waals surface area contributed by atoms with Crippen molar-refractivity contribution < 1.29 is 19.1 Å². The van der Waals surface area contributed by atoms with Crippen LogP contribution in [0.4, 0.5) is 11.6 Å². The van der Waals surface area contributed by atoms with Gasteiger partial charge in [0.25, 0.3) is 0 Å². The molecule has 0 N–H and O–H groups in total. The van der Waals surface area contributed by atoms with E-state index < -0.39 is 6.04 Å². The third kappa shape index (κ3) is 6.50. The van der Waals surface area contributed by atoms with Gasteiger partial charge in [0.2, 0.25) is 11.8 Å². The van der Waals surface area contributed by atoms with Gasteiger partial charge >= 0.3 is 0 Å². The molecule has 3 fully saturated rings. The van der Waals surface area contributed by atoms with E-state index in [4.69, 9.17) is 31.0 Å². The normalized spacial score (nSPS) is 23.4. The van der Waals surface area contributed by atoms with Gasteiger partial charge in [-0.15, -0.1) is 0 Å². The van der Waals surface area contributed by atoms with Gasteiger partial charge in [0.05, 0.1) is 51.3 Å². The molecule has 0 radical (unpaired) electrons. The van der Waals surface area contributed by atoms with Crippen LogP contribution in [0.15, 0.2) is 48.8 Å². The number of ether oxygens (including phenoxy) is 2. The number of hydrogen-bond donors (Lipinski definition) is 0. The molecule has 1 aromatic heterocycles. The summed E-state index contributed by atoms with van der Waals surface area (Å²) >= 11 is 6.28. The second kappa shape index (κ2) is 13.3. The molecular weight excluding hydrogens is 616 g/mol. The zero-order valence-corrected chi connectivity index (χ0v) is 28.2. The molecule has 0 spiro atoms. The summed E-state index contributed by atoms with van der Waals surface area (Å²) in [5, 5.41) is 0.630. The third-order valence-electron chi connectivity index (χ3n) is 10.4. The molecule has 4 aliphatic rings. The smallest absolute Gasteiger partial charge is 0.237 e. The fourth-order valence-electron chi connectivity index (χ4n) is 7.46. The van der Waals surface area contributed by atoms with Crippen molar-refractivity contribution in [1.82, 2.24) is 19.8 Å². The topological polar surface area (TPSA) is 91.3 Å². The quantitative estimate of drug-likeness (QED) is 0.299. The molecule has 248 valence electrons. The summed E-state index contributed by atoms with van der Waals surface area (Å²) in [6.07, 6.45) is 11.6. The van der Waals surface area contributed by atoms with Crippen LogP contribution >= 0.6 is 11.6 Å². The van der Waals surface area contributed by atoms with Crippen LogP contribution in [0.5, 0.6) is 11.5 Å². The van der Waals surface area contributed by atoms with Crippen molar-refractivity contribution in [2.24, 2.45) is 5.92 Å². The van der Waals surface area contributed by atoms with Gasteiger partial charge in [-0.3, -0.25) is 19.4 Å². The van der Waals surface area contributed by atoms with Gasteiger partial charge in [-0.2, -0.15) is 0 Å². The lowest BCUT2D eigenvalue weighted by atomic mass is 9.85. The fraction of sp³-hybridized carbons (Fsp3) is 0.500. The summed E-state index contributed by atoms with van der Waals surface area (Å²) in [4.78, 5) is 43.6. The molecule has 0 bridgehead atoms. The molecule has 1 unspecified atom stereocenters. The molecule has 3 heterocycles. The minimum atomic E-state index is -0.433. The average Bonchev–Trinajstić information content (AvgIpc) is 3.40. The SMILES string of the molecule is COc1cc2c(cc1OC1CCC1)C(c1ccc(Cl)cc1)N(c1cnc(N(C)CC3CCC(N4CC(=O)N(C)C4)CC3)cn1)C(=O)C2. The van der Waals surface area contributed by atoms with E-state index in [0.717, 1.165) is 74.2 Å². The maximum absolute atomic E-state index is 13.9. The highest BCUT2D eigenvalue weighted by atomic mass is 35.5. The predicted octanol–water partition coefficient (Wildman–Crippen LogP) is 5.48. The number of amides is 2. The van der Waals surface area contributed by atoms with E-state index in [0.29, 0.717) is 40.8 Å². The molecule has 2 aromatic carbocycles. The Morgan fingerprint density at radius 3 is 2.34 bits per heavy atom. The number of carbonyl (C=O) groups excluding carboxylic acids is 2. The van der Waals surface area contributed by atoms with Gasteiger partial charge in [-0.25, -0.2) is 9.97 Å². The van der Waals surface area contributed by atoms with Gasteiger partial charge < -0.3 is 19.3 Å². The zero-order valence-electron chi connectivity index (χ0n) is 27.4. The molecular formula is C36H43ClN6O4. The monoisotopic (exact) mass is 658 g/mol. The van der Waals surface area contributed by atoms with E-state index in [2.05, 4.69) is 16.8 Å². The number of methoxy groups -OCH3 is 1. The summed E-state index contributed by atoms with van der Waals surface area (Å²) < 4.78 is 12.1. The molecule has 2 amide bonds. The Morgan fingerprint density at radius 1 is 0.957 bits per heavy atom. The lowest BCUT2D eigenvalue weighted by Crippen LogP contribution is -2.41. The van der Waals surface area contributed by atoms with Crippen molar-refractivity contribution in [1.29, 1.82) is 0 Å². The van der Waals surface area contributed by atoms with Crippen LogP contribution in [0.25, 0.3) is 0 Å². The van der Waals surface area contributed by atoms with Crippen LogP contribution in [0.3, 0.4) is 0 Å². The van der Waals surface area contributed by atoms with Crippen molar-refractivity contribution in [3.8, 4) is 11.5 Å². The Kier molecular flexibility index (Phi) is 8.98. The molecule has 2 aliphatic carbocycles. The maximum Gasteiger partial charge on any atom is 0.237 e. The van der Waals surface area contributed by atoms with Gasteiger partial charge in [0, 0.05) is 31.7 Å². The first kappa shape index (κ1) is 31.7. The molecule has 11 heteroatoms. The number of aromatic nitrogens is 2. The van der Waals surface area contributed by atoms with Crippen molar-refractivity contribution in [2.45, 2.75) is 69.6 Å². The summed E-state index contributed by atoms with van der Waals surface area (Å²) in [6.45, 7) is 2.17. The number of fused-ring (bicyclic) bond motifs is 1. The van der Waals surface area contributed by atoms with E-state index in [1.807, 2.05) is 48.3 Å². The number of nitrogens with zero attached hydrogens (tertiary/aromatic N) is 6. The Labute approximate surface area is 281 Å². The van der Waals surface area contributed by atoms with Gasteiger partial charge in [-0.1, -0.05) is 23.7 Å². The lowest BCUT2D eigenvalue weighted by molar-refractivity contribution is -0.125. The zero-order chi connectivity index (χ0) is 32.7. The Morgan fingerprint density at radius 2 is 1.72 bits per heavy atom. The minimum absolute atomic E-state index is 0.0646. The highest BCUT2D eigenvalue weighted by Gasteiger charge is 2.38. The van der Waals surface area contributed by atoms with Gasteiger partial charge in [0.15, 0.2) is 17.3 Å². The van der Waals surface area contributed by atoms with E-state index in [1.165, 1.54) is 6.42 Å². The Balaban J connectivity index is 1.10. The number of rotatable bonds is 9. The van der Waals surface area contributed by atoms with Crippen molar-refractivity contribution in [3.05, 3.63) is 70.5 Å². The van der Waals surface area contributed by atoms with Gasteiger partial charge in [-0.05, 0) is 91.8 Å². The largest absolute Gasteiger partial charge is 0.493 e. The van der Waals surface area contributed by atoms with E-state index >= 15 is 0 Å². The number of likely N-dealkylation sites (N-methyl/N-ethyl adjacent to an activating group) is 1. The standard InChI is InChI=1S/C36H43ClN6O4/c1-40(20-23-7-13-27(14-8-23)42-21-35(45)41(2)22-42)32-18-39-33(19-38-32)43-34(44)16-25-15-30(46-3)31(47-28-5-4-6-28)17-29(25)36(43)24-9-11-26(37)12-10-24/h9-12,15,17-19,23,27-28,36H,4-8,13-14,16,20-22H2,1-3H3. The third-order valence-corrected chi connectivity index (χ3v) is 10.7. The van der Waals surface area contributed by atoms with Crippen molar-refractivity contribution in [3.63, 3.8) is 0 Å². The molecule has 3 aromatic rings. The first-order chi connectivity index (χ1) is 22.8. The molecule has 1 saturated heterocycles. The second-order valence-electron chi connectivity index (χ2n) is 13.5. The van der Waals surface area contributed by atoms with Crippen LogP contribution in [0.2, 0.25) is 5.02 Å². The number of hydrogen-bond acceptors (Lipinski definition) is 8. The first-order valence-electron chi connectivity index (χ1n) is 16.7. The summed E-state index contributed by atoms with van der Waals surface area (Å²) in [7, 11) is 5.57. The molecule has 10 nitrogen and oxygen atoms in total. The summed E-state index contributed by atoms with van der Waals surface area (Å²) in [5.41, 5.74) is 2.81. The second-order valence-corrected chi connectivity index (χ2v) is 14.0. The van der Waals surface area contributed by atoms with Crippen molar-refractivity contribution >= 4 is 35.1 Å². The molecule has 2 aliphatic heterocycles. The average molecular weight is 659 g/mol. The Hall–Kier alpha value is -3.89. The van der Waals surface area contributed by atoms with E-state index in [-0.39, 0.29) is 24.3 Å². The molecule has 2 saturated carbocycles. The maximum atomic E-state index is 13.9. The number of halogens is 1. The molecule has 1 atom stereocenters. The number of anilines is 2. The highest BCUT2D eigenvalue weighted by Crippen LogP contribution is 2.44. The summed E-state index contributed by atoms with van der Waals surface area (Å²) in [5.74, 6) is 3.32. The first-order valence-corrected chi connectivity index (χ1v) is 17.1. The van der Waals surface area contributed by atoms with E-state index in [9.17, 15) is 9.59 Å². The highest BCUT2D eigenvalue weighted by molar-refractivity contribution is 6.30. The van der Waals surface area contributed by atoms with E-state index in [1.54, 1.807) is 24.4 Å². The number of carbonyl (C=O) groups is 2. The van der Waals surface area contributed by atoms with Crippen LogP contribution in [-0.2, 0) is 16.0 Å². The Bertz CT molecular complexity index is 1610. The molecule has 47 heavy (non-hydrogen) atoms. The van der Waals surface area contributed by atoms with Crippen LogP contribution in [0, 0.1) is 5.92 Å². The molecule has 7 rings (SSSR count). The summed E-state index contributed by atoms with van der Waals surface area (Å²) in [6, 6.07) is 11.7. The van der Waals surface area contributed by atoms with Crippen LogP contribution in [0.1, 0.15) is 67.7 Å². The van der Waals surface area contributed by atoms with Crippen LogP contribution in [-0.4, -0.2) is 84.7 Å². The van der Waals surface area contributed by atoms with Gasteiger partial charge in [0.1, 0.15) is 5.82 Å². The van der Waals surface area contributed by atoms with Crippen molar-refractivity contribution in [2.75, 3.05) is 50.8 Å². The lowest BCUT2D eigenvalue weighted by Gasteiger charge is -2.38. The fourth-order valence-corrected chi connectivity index (χ4v) is 7.59.